The lowest BCUT2D eigenvalue weighted by Gasteiger charge is -2.19. The van der Waals surface area contributed by atoms with E-state index in [9.17, 15) is 4.79 Å². The molecule has 0 bridgehead atoms. The number of pyridine rings is 1. The number of benzene rings is 2. The first kappa shape index (κ1) is 19.8. The van der Waals surface area contributed by atoms with Crippen molar-refractivity contribution in [1.82, 2.24) is 24.4 Å². The van der Waals surface area contributed by atoms with E-state index >= 15 is 0 Å². The van der Waals surface area contributed by atoms with Gasteiger partial charge < -0.3 is 9.47 Å². The summed E-state index contributed by atoms with van der Waals surface area (Å²) in [5.74, 6) is 1.28. The predicted molar refractivity (Wildman–Crippen MR) is 125 cm³/mol. The van der Waals surface area contributed by atoms with Crippen molar-refractivity contribution in [2.24, 2.45) is 0 Å². The third-order valence-electron chi connectivity index (χ3n) is 5.72. The van der Waals surface area contributed by atoms with Gasteiger partial charge in [-0.2, -0.15) is 5.10 Å². The van der Waals surface area contributed by atoms with Gasteiger partial charge in [0.05, 0.1) is 16.9 Å². The second-order valence-electron chi connectivity index (χ2n) is 7.67. The second kappa shape index (κ2) is 7.60. The second-order valence-corrected chi connectivity index (χ2v) is 8.11. The van der Waals surface area contributed by atoms with Crippen molar-refractivity contribution < 1.29 is 9.47 Å². The number of aryl methyl sites for hydroxylation is 1. The monoisotopic (exact) mass is 459 g/mol. The summed E-state index contributed by atoms with van der Waals surface area (Å²) in [5, 5.41) is 14.1. The van der Waals surface area contributed by atoms with Crippen molar-refractivity contribution in [3.05, 3.63) is 75.8 Å². The lowest BCUT2D eigenvalue weighted by Crippen LogP contribution is -2.21. The van der Waals surface area contributed by atoms with Crippen LogP contribution in [0.2, 0.25) is 5.02 Å². The van der Waals surface area contributed by atoms with Gasteiger partial charge in [0.15, 0.2) is 22.7 Å². The molecule has 6 rings (SSSR count). The van der Waals surface area contributed by atoms with Gasteiger partial charge in [0.2, 0.25) is 0 Å². The molecule has 33 heavy (non-hydrogen) atoms. The fourth-order valence-corrected chi connectivity index (χ4v) is 4.26. The standard InChI is InChI=1S/C24H18ClN5O3/c1-2-17-21(14-3-5-15(25)6-4-14)23-27-26-22-18(30(23)28-17)9-10-29(24(22)31)16-7-8-19-20(13-16)33-12-11-32-19/h3-10,13H,2,11-12H2,1H3. The van der Waals surface area contributed by atoms with Crippen LogP contribution in [0.25, 0.3) is 33.5 Å². The summed E-state index contributed by atoms with van der Waals surface area (Å²) in [6.45, 7) is 3.02. The summed E-state index contributed by atoms with van der Waals surface area (Å²) in [4.78, 5) is 13.3. The molecule has 0 unspecified atom stereocenters. The fourth-order valence-electron chi connectivity index (χ4n) is 4.14. The minimum Gasteiger partial charge on any atom is -0.486 e. The highest BCUT2D eigenvalue weighted by Crippen LogP contribution is 2.32. The Morgan fingerprint density at radius 3 is 2.58 bits per heavy atom. The van der Waals surface area contributed by atoms with E-state index in [1.54, 1.807) is 22.8 Å². The average molecular weight is 460 g/mol. The molecule has 164 valence electrons. The highest BCUT2D eigenvalue weighted by Gasteiger charge is 2.19. The van der Waals surface area contributed by atoms with E-state index in [4.69, 9.17) is 26.2 Å². The molecule has 0 saturated carbocycles. The van der Waals surface area contributed by atoms with E-state index in [1.165, 1.54) is 4.57 Å². The van der Waals surface area contributed by atoms with Crippen LogP contribution in [0.15, 0.2) is 59.5 Å². The van der Waals surface area contributed by atoms with Crippen molar-refractivity contribution in [3.8, 4) is 28.3 Å². The Morgan fingerprint density at radius 2 is 1.79 bits per heavy atom. The van der Waals surface area contributed by atoms with Crippen LogP contribution in [-0.4, -0.2) is 37.6 Å². The number of rotatable bonds is 3. The molecule has 0 radical (unpaired) electrons. The van der Waals surface area contributed by atoms with Crippen molar-refractivity contribution in [2.45, 2.75) is 13.3 Å². The van der Waals surface area contributed by atoms with Crippen LogP contribution < -0.4 is 15.0 Å². The highest BCUT2D eigenvalue weighted by atomic mass is 35.5. The van der Waals surface area contributed by atoms with Crippen molar-refractivity contribution in [1.29, 1.82) is 0 Å². The molecule has 4 heterocycles. The zero-order chi connectivity index (χ0) is 22.5. The molecule has 0 fully saturated rings. The first-order chi connectivity index (χ1) is 16.1. The van der Waals surface area contributed by atoms with Gasteiger partial charge in [0, 0.05) is 17.3 Å². The minimum absolute atomic E-state index is 0.229. The Kier molecular flexibility index (Phi) is 4.55. The molecule has 1 aliphatic rings. The smallest absolute Gasteiger partial charge is 0.285 e. The number of ether oxygens (including phenoxy) is 2. The Morgan fingerprint density at radius 1 is 1.00 bits per heavy atom. The molecule has 2 aromatic carbocycles. The van der Waals surface area contributed by atoms with Crippen LogP contribution in [0.3, 0.4) is 0 Å². The lowest BCUT2D eigenvalue weighted by atomic mass is 10.0. The van der Waals surface area contributed by atoms with Gasteiger partial charge in [-0.05, 0) is 42.3 Å². The summed E-state index contributed by atoms with van der Waals surface area (Å²) in [6, 6.07) is 14.8. The molecular weight excluding hydrogens is 442 g/mol. The Hall–Kier alpha value is -3.91. The number of hydrogen-bond acceptors (Lipinski definition) is 6. The minimum atomic E-state index is -0.292. The molecule has 0 spiro atoms. The first-order valence-electron chi connectivity index (χ1n) is 10.6. The van der Waals surface area contributed by atoms with Gasteiger partial charge >= 0.3 is 0 Å². The largest absolute Gasteiger partial charge is 0.486 e. The third-order valence-corrected chi connectivity index (χ3v) is 5.98. The average Bonchev–Trinajstić information content (AvgIpc) is 3.23. The van der Waals surface area contributed by atoms with E-state index < -0.39 is 0 Å². The van der Waals surface area contributed by atoms with Gasteiger partial charge in [0.25, 0.3) is 5.56 Å². The zero-order valence-corrected chi connectivity index (χ0v) is 18.4. The van der Waals surface area contributed by atoms with Gasteiger partial charge in [-0.15, -0.1) is 10.2 Å². The molecule has 1 aliphatic heterocycles. The number of aromatic nitrogens is 5. The summed E-state index contributed by atoms with van der Waals surface area (Å²) < 4.78 is 14.4. The predicted octanol–water partition coefficient (Wildman–Crippen LogP) is 4.08. The summed E-state index contributed by atoms with van der Waals surface area (Å²) in [6.07, 6.45) is 2.42. The molecule has 0 amide bonds. The van der Waals surface area contributed by atoms with Crippen molar-refractivity contribution in [3.63, 3.8) is 0 Å². The molecule has 0 atom stereocenters. The molecule has 0 N–H and O–H groups in total. The van der Waals surface area contributed by atoms with Crippen LogP contribution in [-0.2, 0) is 6.42 Å². The van der Waals surface area contributed by atoms with Gasteiger partial charge in [-0.3, -0.25) is 9.36 Å². The maximum absolute atomic E-state index is 13.3. The zero-order valence-electron chi connectivity index (χ0n) is 17.7. The van der Waals surface area contributed by atoms with Crippen LogP contribution >= 0.6 is 11.6 Å². The number of fused-ring (bicyclic) bond motifs is 4. The topological polar surface area (TPSA) is 83.5 Å². The summed E-state index contributed by atoms with van der Waals surface area (Å²) in [7, 11) is 0. The fraction of sp³-hybridized carbons (Fsp3) is 0.167. The summed E-state index contributed by atoms with van der Waals surface area (Å²) in [5.41, 5.74) is 4.49. The SMILES string of the molecule is CCc1nn2c(nnc3c(=O)n(-c4ccc5c(c4)OCCO5)ccc32)c1-c1ccc(Cl)cc1. The number of halogens is 1. The van der Waals surface area contributed by atoms with E-state index in [-0.39, 0.29) is 11.1 Å². The molecule has 3 aromatic heterocycles. The van der Waals surface area contributed by atoms with Crippen molar-refractivity contribution in [2.75, 3.05) is 13.2 Å². The summed E-state index contributed by atoms with van der Waals surface area (Å²) >= 11 is 6.06. The first-order valence-corrected chi connectivity index (χ1v) is 11.0. The molecule has 8 nitrogen and oxygen atoms in total. The molecule has 0 saturated heterocycles. The number of nitrogens with zero attached hydrogens (tertiary/aromatic N) is 5. The molecular formula is C24H18ClN5O3. The van der Waals surface area contributed by atoms with Gasteiger partial charge in [0.1, 0.15) is 18.7 Å². The quantitative estimate of drug-likeness (QED) is 0.404. The van der Waals surface area contributed by atoms with Gasteiger partial charge in [-0.1, -0.05) is 30.7 Å². The van der Waals surface area contributed by atoms with E-state index in [2.05, 4.69) is 10.2 Å². The molecule has 9 heteroatoms. The normalized spacial score (nSPS) is 13.0. The van der Waals surface area contributed by atoms with Crippen LogP contribution in [0.1, 0.15) is 12.6 Å². The van der Waals surface area contributed by atoms with Crippen LogP contribution in [0.5, 0.6) is 11.5 Å². The number of hydrogen-bond donors (Lipinski definition) is 0. The molecule has 0 aliphatic carbocycles. The van der Waals surface area contributed by atoms with Crippen LogP contribution in [0, 0.1) is 0 Å². The van der Waals surface area contributed by atoms with Crippen LogP contribution in [0.4, 0.5) is 0 Å². The third kappa shape index (κ3) is 3.14. The molecule has 5 aromatic rings. The lowest BCUT2D eigenvalue weighted by molar-refractivity contribution is 0.171. The van der Waals surface area contributed by atoms with Gasteiger partial charge in [-0.25, -0.2) is 4.52 Å². The Bertz CT molecular complexity index is 1590. The van der Waals surface area contributed by atoms with Crippen molar-refractivity contribution >= 4 is 28.3 Å². The highest BCUT2D eigenvalue weighted by molar-refractivity contribution is 6.30. The Labute approximate surface area is 193 Å². The maximum atomic E-state index is 13.3. The van der Waals surface area contributed by atoms with E-state index in [1.807, 2.05) is 43.3 Å². The Balaban J connectivity index is 1.54. The van der Waals surface area contributed by atoms with E-state index in [0.717, 1.165) is 16.8 Å². The van der Waals surface area contributed by atoms with E-state index in [0.29, 0.717) is 53.0 Å². The maximum Gasteiger partial charge on any atom is 0.285 e.